The Morgan fingerprint density at radius 3 is 3.00 bits per heavy atom. The van der Waals surface area contributed by atoms with Crippen molar-refractivity contribution in [2.45, 2.75) is 25.7 Å². The lowest BCUT2D eigenvalue weighted by Crippen LogP contribution is -2.38. The summed E-state index contributed by atoms with van der Waals surface area (Å²) in [6.45, 7) is 6.12. The molecule has 0 radical (unpaired) electrons. The first-order valence-corrected chi connectivity index (χ1v) is 9.14. The molecule has 1 unspecified atom stereocenters. The number of fused-ring (bicyclic) bond motifs is 3. The quantitative estimate of drug-likeness (QED) is 0.693. The van der Waals surface area contributed by atoms with Crippen LogP contribution in [-0.2, 0) is 5.41 Å². The molecule has 4 heterocycles. The minimum Gasteiger partial charge on any atom is -0.384 e. The molecule has 1 saturated heterocycles. The van der Waals surface area contributed by atoms with Crippen LogP contribution in [0.25, 0.3) is 5.78 Å². The third kappa shape index (κ3) is 2.51. The monoisotopic (exact) mass is 363 g/mol. The first-order chi connectivity index (χ1) is 13.0. The van der Waals surface area contributed by atoms with Crippen LogP contribution in [0.4, 0.5) is 16.4 Å². The average molecular weight is 363 g/mol. The van der Waals surface area contributed by atoms with Gasteiger partial charge in [0.15, 0.2) is 0 Å². The third-order valence-corrected chi connectivity index (χ3v) is 5.59. The maximum absolute atomic E-state index is 12.8. The van der Waals surface area contributed by atoms with E-state index in [0.29, 0.717) is 18.9 Å². The smallest absolute Gasteiger partial charge is 0.324 e. The van der Waals surface area contributed by atoms with E-state index in [0.717, 1.165) is 24.4 Å². The fourth-order valence-electron chi connectivity index (χ4n) is 4.26. The highest BCUT2D eigenvalue weighted by molar-refractivity contribution is 5.88. The number of carbonyl (C=O) groups excluding carboxylic acids is 1. The molecule has 1 spiro atoms. The van der Waals surface area contributed by atoms with Crippen LogP contribution in [0.3, 0.4) is 0 Å². The Kier molecular flexibility index (Phi) is 3.37. The van der Waals surface area contributed by atoms with E-state index in [4.69, 9.17) is 0 Å². The van der Waals surface area contributed by atoms with Gasteiger partial charge in [0.2, 0.25) is 0 Å². The van der Waals surface area contributed by atoms with Gasteiger partial charge in [-0.2, -0.15) is 9.50 Å². The van der Waals surface area contributed by atoms with Crippen LogP contribution in [0.5, 0.6) is 0 Å². The second-order valence-electron chi connectivity index (χ2n) is 7.47. The topological polar surface area (TPSA) is 87.5 Å². The number of hydrogen-bond acceptors (Lipinski definition) is 5. The summed E-state index contributed by atoms with van der Waals surface area (Å²) in [5.74, 6) is 0.779. The number of rotatable bonds is 1. The van der Waals surface area contributed by atoms with Crippen LogP contribution < -0.4 is 10.6 Å². The molecule has 0 saturated carbocycles. The number of anilines is 2. The number of para-hydroxylation sites is 1. The van der Waals surface area contributed by atoms with Gasteiger partial charge in [0.1, 0.15) is 0 Å². The van der Waals surface area contributed by atoms with Crippen molar-refractivity contribution >= 4 is 23.4 Å². The molecule has 0 aliphatic carbocycles. The van der Waals surface area contributed by atoms with Crippen LogP contribution in [0.1, 0.15) is 23.4 Å². The van der Waals surface area contributed by atoms with E-state index in [9.17, 15) is 4.79 Å². The van der Waals surface area contributed by atoms with Crippen LogP contribution in [-0.4, -0.2) is 50.1 Å². The van der Waals surface area contributed by atoms with E-state index >= 15 is 0 Å². The number of urea groups is 1. The summed E-state index contributed by atoms with van der Waals surface area (Å²) in [7, 11) is 0. The maximum Gasteiger partial charge on any atom is 0.324 e. The molecule has 1 atom stereocenters. The van der Waals surface area contributed by atoms with Crippen molar-refractivity contribution < 1.29 is 4.79 Å². The molecule has 1 aromatic carbocycles. The van der Waals surface area contributed by atoms with E-state index in [2.05, 4.69) is 43.9 Å². The summed E-state index contributed by atoms with van der Waals surface area (Å²) >= 11 is 0. The van der Waals surface area contributed by atoms with Gasteiger partial charge in [-0.1, -0.05) is 18.2 Å². The summed E-state index contributed by atoms with van der Waals surface area (Å²) in [6.07, 6.45) is 0.947. The number of likely N-dealkylation sites (tertiary alicyclic amines) is 1. The first-order valence-electron chi connectivity index (χ1n) is 9.14. The minimum absolute atomic E-state index is 0.00443. The number of aromatic nitrogens is 4. The summed E-state index contributed by atoms with van der Waals surface area (Å²) in [5, 5.41) is 10.7. The van der Waals surface area contributed by atoms with Crippen LogP contribution in [0.2, 0.25) is 0 Å². The van der Waals surface area contributed by atoms with Crippen LogP contribution in [0.15, 0.2) is 30.3 Å². The fraction of sp³-hybridized carbons (Fsp3) is 0.368. The SMILES string of the molecule is Cc1cc(C)n2nc(NC(=O)N3CCC4(CNc5ccccc54)C3)nc2n1. The molecule has 5 rings (SSSR count). The summed E-state index contributed by atoms with van der Waals surface area (Å²) in [6, 6.07) is 10.1. The van der Waals surface area contributed by atoms with Crippen LogP contribution >= 0.6 is 0 Å². The van der Waals surface area contributed by atoms with Crippen molar-refractivity contribution in [1.29, 1.82) is 0 Å². The molecule has 138 valence electrons. The Morgan fingerprint density at radius 2 is 2.11 bits per heavy atom. The molecular weight excluding hydrogens is 342 g/mol. The highest BCUT2D eigenvalue weighted by atomic mass is 16.2. The highest BCUT2D eigenvalue weighted by Gasteiger charge is 2.45. The molecule has 8 heteroatoms. The van der Waals surface area contributed by atoms with Gasteiger partial charge in [0.25, 0.3) is 11.7 Å². The van der Waals surface area contributed by atoms with E-state index in [1.165, 1.54) is 11.3 Å². The summed E-state index contributed by atoms with van der Waals surface area (Å²) in [4.78, 5) is 23.3. The van der Waals surface area contributed by atoms with Crippen LogP contribution in [0, 0.1) is 13.8 Å². The Bertz CT molecular complexity index is 1060. The number of benzene rings is 1. The second-order valence-corrected chi connectivity index (χ2v) is 7.47. The summed E-state index contributed by atoms with van der Waals surface area (Å²) < 4.78 is 1.64. The molecule has 1 fully saturated rings. The van der Waals surface area contributed by atoms with E-state index in [-0.39, 0.29) is 17.4 Å². The lowest BCUT2D eigenvalue weighted by Gasteiger charge is -2.24. The van der Waals surface area contributed by atoms with Gasteiger partial charge >= 0.3 is 6.03 Å². The number of amides is 2. The van der Waals surface area contributed by atoms with Crippen molar-refractivity contribution in [3.8, 4) is 0 Å². The molecule has 2 N–H and O–H groups in total. The summed E-state index contributed by atoms with van der Waals surface area (Å²) in [5.41, 5.74) is 4.29. The normalized spacial score (nSPS) is 20.9. The lowest BCUT2D eigenvalue weighted by atomic mass is 9.82. The zero-order valence-electron chi connectivity index (χ0n) is 15.4. The predicted molar refractivity (Wildman–Crippen MR) is 102 cm³/mol. The van der Waals surface area contributed by atoms with Gasteiger partial charge in [-0.15, -0.1) is 5.10 Å². The molecule has 0 bridgehead atoms. The van der Waals surface area contributed by atoms with Crippen molar-refractivity contribution in [2.75, 3.05) is 30.3 Å². The third-order valence-electron chi connectivity index (χ3n) is 5.59. The Morgan fingerprint density at radius 1 is 1.26 bits per heavy atom. The zero-order valence-corrected chi connectivity index (χ0v) is 15.4. The van der Waals surface area contributed by atoms with Gasteiger partial charge < -0.3 is 10.2 Å². The van der Waals surface area contributed by atoms with E-state index < -0.39 is 0 Å². The van der Waals surface area contributed by atoms with Gasteiger partial charge in [-0.25, -0.2) is 9.78 Å². The van der Waals surface area contributed by atoms with Gasteiger partial charge in [0, 0.05) is 42.1 Å². The van der Waals surface area contributed by atoms with Crippen molar-refractivity contribution in [1.82, 2.24) is 24.5 Å². The van der Waals surface area contributed by atoms with E-state index in [1.807, 2.05) is 30.9 Å². The van der Waals surface area contributed by atoms with Gasteiger partial charge in [-0.05, 0) is 38.0 Å². The maximum atomic E-state index is 12.8. The molecule has 2 aliphatic rings. The van der Waals surface area contributed by atoms with E-state index in [1.54, 1.807) is 4.52 Å². The lowest BCUT2D eigenvalue weighted by molar-refractivity contribution is 0.219. The van der Waals surface area contributed by atoms with Gasteiger partial charge in [0.05, 0.1) is 0 Å². The fourth-order valence-corrected chi connectivity index (χ4v) is 4.26. The molecule has 27 heavy (non-hydrogen) atoms. The standard InChI is InChI=1S/C19H21N7O/c1-12-9-13(2)26-17(21-12)22-16(24-26)23-18(27)25-8-7-19(11-25)10-20-15-6-4-3-5-14(15)19/h3-6,9,20H,7-8,10-11H2,1-2H3,(H,23,24,27). The molecule has 2 aliphatic heterocycles. The largest absolute Gasteiger partial charge is 0.384 e. The first kappa shape index (κ1) is 16.0. The van der Waals surface area contributed by atoms with Crippen molar-refractivity contribution in [2.24, 2.45) is 0 Å². The predicted octanol–water partition coefficient (Wildman–Crippen LogP) is 2.34. The zero-order chi connectivity index (χ0) is 18.6. The number of nitrogens with one attached hydrogen (secondary N) is 2. The Labute approximate surface area is 156 Å². The number of nitrogens with zero attached hydrogens (tertiary/aromatic N) is 5. The molecule has 2 aromatic heterocycles. The Balaban J connectivity index is 1.35. The van der Waals surface area contributed by atoms with Crippen molar-refractivity contribution in [3.05, 3.63) is 47.3 Å². The number of aryl methyl sites for hydroxylation is 2. The molecule has 8 nitrogen and oxygen atoms in total. The molecular formula is C19H21N7O. The van der Waals surface area contributed by atoms with Crippen molar-refractivity contribution in [3.63, 3.8) is 0 Å². The molecule has 3 aromatic rings. The Hall–Kier alpha value is -3.16. The second kappa shape index (κ2) is 5.67. The molecule has 2 amide bonds. The number of carbonyl (C=O) groups is 1. The number of hydrogen-bond donors (Lipinski definition) is 2. The average Bonchev–Trinajstić information content (AvgIpc) is 3.34. The highest BCUT2D eigenvalue weighted by Crippen LogP contribution is 2.43. The minimum atomic E-state index is -0.165. The van der Waals surface area contributed by atoms with Gasteiger partial charge in [-0.3, -0.25) is 5.32 Å².